The van der Waals surface area contributed by atoms with Crippen LogP contribution in [-0.4, -0.2) is 83.0 Å². The third kappa shape index (κ3) is 8.24. The number of esters is 1. The van der Waals surface area contributed by atoms with Crippen LogP contribution in [0.2, 0.25) is 6.04 Å². The second-order valence-electron chi connectivity index (χ2n) is 17.4. The molecule has 22 heteroatoms. The average Bonchev–Trinajstić information content (AvgIpc) is 3.39. The number of rotatable bonds is 12. The highest BCUT2D eigenvalue weighted by Gasteiger charge is 2.86. The third-order valence-electron chi connectivity index (χ3n) is 12.4. The van der Waals surface area contributed by atoms with E-state index in [1.807, 2.05) is 212 Å². The number of hydrogen-bond acceptors (Lipinski definition) is 14. The summed E-state index contributed by atoms with van der Waals surface area (Å²) in [6.07, 6.45) is 0.181. The van der Waals surface area contributed by atoms with Crippen molar-refractivity contribution in [1.29, 1.82) is 0 Å². The zero-order valence-corrected chi connectivity index (χ0v) is 46.3. The molecule has 14 nitrogen and oxygen atoms in total. The molecule has 6 aliphatic heterocycles. The van der Waals surface area contributed by atoms with E-state index in [0.717, 1.165) is 0 Å². The molecular formula is C49H46O14Si8. The van der Waals surface area contributed by atoms with Gasteiger partial charge in [0, 0.05) is 47.9 Å². The van der Waals surface area contributed by atoms with Crippen LogP contribution in [0, 0.1) is 0 Å². The Morgan fingerprint density at radius 3 is 0.746 bits per heavy atom. The second kappa shape index (κ2) is 18.2. The van der Waals surface area contributed by atoms with Crippen molar-refractivity contribution in [3.05, 3.63) is 224 Å². The minimum atomic E-state index is -4.78. The van der Waals surface area contributed by atoms with E-state index in [2.05, 4.69) is 6.58 Å². The molecule has 0 radical (unpaired) electrons. The summed E-state index contributed by atoms with van der Waals surface area (Å²) in [5.74, 6) is -0.542. The van der Waals surface area contributed by atoms with E-state index in [4.69, 9.17) is 54.1 Å². The van der Waals surface area contributed by atoms with Crippen LogP contribution in [0.3, 0.4) is 0 Å². The van der Waals surface area contributed by atoms with Crippen molar-refractivity contribution in [3.8, 4) is 0 Å². The predicted octanol–water partition coefficient (Wildman–Crippen LogP) is 3.62. The molecule has 6 saturated heterocycles. The number of hydrogen-bond donors (Lipinski definition) is 0. The van der Waals surface area contributed by atoms with Gasteiger partial charge in [0.2, 0.25) is 0 Å². The van der Waals surface area contributed by atoms with E-state index >= 15 is 0 Å². The van der Waals surface area contributed by atoms with E-state index in [9.17, 15) is 4.79 Å². The molecule has 0 saturated carbocycles. The lowest BCUT2D eigenvalue weighted by atomic mass is 10.4. The van der Waals surface area contributed by atoms with Gasteiger partial charge in [0.05, 0.1) is 6.61 Å². The molecule has 0 spiro atoms. The van der Waals surface area contributed by atoms with Crippen LogP contribution in [0.1, 0.15) is 13.3 Å². The fraction of sp³-hybridized carbons (Fsp3) is 0.0816. The van der Waals surface area contributed by atoms with Crippen LogP contribution in [0.5, 0.6) is 0 Å². The van der Waals surface area contributed by atoms with Gasteiger partial charge in [-0.3, -0.25) is 0 Å². The summed E-state index contributed by atoms with van der Waals surface area (Å²) in [5.41, 5.74) is 0.257. The lowest BCUT2D eigenvalue weighted by Gasteiger charge is -2.62. The van der Waals surface area contributed by atoms with Crippen molar-refractivity contribution in [2.45, 2.75) is 19.4 Å². The zero-order valence-electron chi connectivity index (χ0n) is 38.3. The Hall–Kier alpha value is -4.99. The van der Waals surface area contributed by atoms with Crippen LogP contribution in [0.25, 0.3) is 0 Å². The molecule has 0 aliphatic carbocycles. The Labute approximate surface area is 419 Å². The van der Waals surface area contributed by atoms with Gasteiger partial charge < -0.3 is 54.1 Å². The van der Waals surface area contributed by atoms with E-state index in [1.165, 1.54) is 0 Å². The summed E-state index contributed by atoms with van der Waals surface area (Å²) in [5, 5.41) is 3.73. The van der Waals surface area contributed by atoms with Gasteiger partial charge in [0.25, 0.3) is 0 Å². The van der Waals surface area contributed by atoms with Crippen LogP contribution in [-0.2, 0) is 58.9 Å². The summed E-state index contributed by atoms with van der Waals surface area (Å²) < 4.78 is 102. The van der Waals surface area contributed by atoms with Crippen LogP contribution in [0.15, 0.2) is 224 Å². The lowest BCUT2D eigenvalue weighted by Crippen LogP contribution is -2.95. The van der Waals surface area contributed by atoms with Crippen molar-refractivity contribution in [2.75, 3.05) is 6.61 Å². The molecule has 6 heterocycles. The summed E-state index contributed by atoms with van der Waals surface area (Å²) in [6, 6.07) is 66.3. The zero-order chi connectivity index (χ0) is 48.3. The Morgan fingerprint density at radius 1 is 0.352 bits per heavy atom. The molecule has 71 heavy (non-hydrogen) atoms. The van der Waals surface area contributed by atoms with Crippen molar-refractivity contribution in [1.82, 2.24) is 0 Å². The SMILES string of the molecule is C=C(C)C(=O)OCCC[Si]12O[Si]3(c4ccccc4)O[Si]4(c5ccccc5)O[Si](c5ccccc5)(O1)O[Si]1(c5ccccc5)O[Si](c5ccccc5)(O2)O[Si](c2ccccc2)(O3)O[Si](c2ccccc2)(O4)O1. The van der Waals surface area contributed by atoms with Crippen molar-refractivity contribution in [2.24, 2.45) is 0 Å². The van der Waals surface area contributed by atoms with Gasteiger partial charge in [0.1, 0.15) is 0 Å². The Balaban J connectivity index is 1.25. The molecular weight excluding hydrogens is 1040 g/mol. The quantitative estimate of drug-likeness (QED) is 0.0763. The van der Waals surface area contributed by atoms with Crippen LogP contribution < -0.4 is 36.3 Å². The predicted molar refractivity (Wildman–Crippen MR) is 277 cm³/mol. The molecule has 7 aromatic carbocycles. The highest BCUT2D eigenvalue weighted by Crippen LogP contribution is 2.49. The van der Waals surface area contributed by atoms with Crippen molar-refractivity contribution >= 4 is 113 Å². The van der Waals surface area contributed by atoms with Crippen molar-refractivity contribution in [3.63, 3.8) is 0 Å². The maximum Gasteiger partial charge on any atom is 0.515 e. The minimum absolute atomic E-state index is 0.0122. The molecule has 6 aliphatic rings. The summed E-state index contributed by atoms with van der Waals surface area (Å²) in [7, 11) is -38.1. The molecule has 0 aromatic heterocycles. The maximum atomic E-state index is 12.9. The van der Waals surface area contributed by atoms with Crippen molar-refractivity contribution < 1.29 is 58.9 Å². The monoisotopic (exact) mass is 1080 g/mol. The van der Waals surface area contributed by atoms with Gasteiger partial charge in [-0.2, -0.15) is 0 Å². The highest BCUT2D eigenvalue weighted by atomic mass is 28.6. The molecule has 0 unspecified atom stereocenters. The minimum Gasteiger partial charge on any atom is -0.462 e. The average molecular weight is 1080 g/mol. The van der Waals surface area contributed by atoms with Gasteiger partial charge in [-0.1, -0.05) is 219 Å². The Bertz CT molecular complexity index is 2760. The highest BCUT2D eigenvalue weighted by molar-refractivity contribution is 7.13. The molecule has 8 bridgehead atoms. The molecule has 13 rings (SSSR count). The standard InChI is InChI=1S/C49H46O14Si8/c1-41(2)49(50)51-39-24-40-64-52-65(42-25-10-3-11-26-42)55-68(45-31-16-6-17-32-45)57-66(53-64,43-27-12-4-13-28-43)59-70(47-35-20-8-21-36-47)60-67(54-64,44-29-14-5-15-30-44)58-69(56-65,46-33-18-7-19-34-46)62-71(61-68,63-70)48-37-22-9-23-38-48/h3-23,25-38H,1,24,39-40H2,2H3. The first-order chi connectivity index (χ1) is 34.5. The largest absolute Gasteiger partial charge is 0.515 e. The Morgan fingerprint density at radius 2 is 0.549 bits per heavy atom. The first kappa shape index (κ1) is 47.0. The number of carbonyl (C=O) groups excluding carboxylic acids is 1. The smallest absolute Gasteiger partial charge is 0.462 e. The molecule has 0 amide bonds. The second-order valence-corrected chi connectivity index (χ2v) is 40.9. The fourth-order valence-electron chi connectivity index (χ4n) is 9.17. The summed E-state index contributed by atoms with van der Waals surface area (Å²) in [4.78, 5) is 12.9. The molecule has 358 valence electrons. The fourth-order valence-corrected chi connectivity index (χ4v) is 55.7. The third-order valence-corrected chi connectivity index (χ3v) is 46.9. The van der Waals surface area contributed by atoms with Crippen LogP contribution >= 0.6 is 0 Å². The summed E-state index contributed by atoms with van der Waals surface area (Å²) in [6.45, 7) is 5.35. The number of benzene rings is 7. The molecule has 0 atom stereocenters. The van der Waals surface area contributed by atoms with Gasteiger partial charge in [-0.15, -0.1) is 0 Å². The van der Waals surface area contributed by atoms with Gasteiger partial charge >= 0.3 is 76.4 Å². The van der Waals surface area contributed by atoms with Gasteiger partial charge in [0.15, 0.2) is 0 Å². The number of ether oxygens (including phenoxy) is 1. The lowest BCUT2D eigenvalue weighted by molar-refractivity contribution is -0.139. The van der Waals surface area contributed by atoms with E-state index in [1.54, 1.807) is 6.92 Å². The van der Waals surface area contributed by atoms with E-state index in [0.29, 0.717) is 36.3 Å². The number of carbonyl (C=O) groups is 1. The van der Waals surface area contributed by atoms with Crippen LogP contribution in [0.4, 0.5) is 0 Å². The van der Waals surface area contributed by atoms with Gasteiger partial charge in [-0.05, 0) is 13.3 Å². The summed E-state index contributed by atoms with van der Waals surface area (Å²) >= 11 is 0. The molecule has 0 N–H and O–H groups in total. The first-order valence-electron chi connectivity index (χ1n) is 23.2. The normalized spacial score (nSPS) is 32.6. The van der Waals surface area contributed by atoms with Gasteiger partial charge in [-0.25, -0.2) is 4.79 Å². The first-order valence-corrected chi connectivity index (χ1v) is 37.2. The van der Waals surface area contributed by atoms with E-state index < -0.39 is 76.4 Å². The topological polar surface area (TPSA) is 137 Å². The maximum absolute atomic E-state index is 12.9. The van der Waals surface area contributed by atoms with E-state index in [-0.39, 0.29) is 24.6 Å². The molecule has 6 fully saturated rings. The Kier molecular flexibility index (Phi) is 12.0. The molecule has 7 aromatic rings.